The maximum absolute atomic E-state index is 10.2. The van der Waals surface area contributed by atoms with E-state index in [0.717, 1.165) is 12.8 Å². The largest absolute Gasteiger partial charge is 0.481 e. The predicted octanol–water partition coefficient (Wildman–Crippen LogP) is 2.89. The van der Waals surface area contributed by atoms with Crippen LogP contribution in [0.25, 0.3) is 0 Å². The van der Waals surface area contributed by atoms with E-state index in [4.69, 9.17) is 16.7 Å². The first kappa shape index (κ1) is 11.8. The summed E-state index contributed by atoms with van der Waals surface area (Å²) < 4.78 is 0. The quantitative estimate of drug-likeness (QED) is 0.696. The Hall–Kier alpha value is -0.240. The molecule has 0 saturated carbocycles. The number of rotatable bonds is 4. The van der Waals surface area contributed by atoms with Crippen LogP contribution >= 0.6 is 11.6 Å². The summed E-state index contributed by atoms with van der Waals surface area (Å²) in [5.41, 5.74) is 0.242. The number of halogens is 1. The molecule has 1 atom stereocenters. The van der Waals surface area contributed by atoms with Gasteiger partial charge in [-0.1, -0.05) is 20.8 Å². The van der Waals surface area contributed by atoms with E-state index in [1.165, 1.54) is 0 Å². The third-order valence-corrected chi connectivity index (χ3v) is 1.98. The zero-order chi connectivity index (χ0) is 9.78. The standard InChI is InChI=1S/C9H17ClO2/c1-9(2,3)5-4-7(10)6-8(11)12/h7H,4-6H2,1-3H3,(H,11,12). The molecule has 0 radical (unpaired) electrons. The molecule has 0 rings (SSSR count). The topological polar surface area (TPSA) is 37.3 Å². The molecule has 72 valence electrons. The van der Waals surface area contributed by atoms with Crippen LogP contribution in [-0.2, 0) is 4.79 Å². The monoisotopic (exact) mass is 192 g/mol. The Morgan fingerprint density at radius 3 is 2.33 bits per heavy atom. The number of aliphatic carboxylic acids is 1. The SMILES string of the molecule is CC(C)(C)CCC(Cl)CC(=O)O. The molecule has 0 saturated heterocycles. The highest BCUT2D eigenvalue weighted by Gasteiger charge is 2.15. The fourth-order valence-electron chi connectivity index (χ4n) is 0.881. The Balaban J connectivity index is 3.57. The van der Waals surface area contributed by atoms with Gasteiger partial charge in [0.15, 0.2) is 0 Å². The van der Waals surface area contributed by atoms with Gasteiger partial charge < -0.3 is 5.11 Å². The van der Waals surface area contributed by atoms with Crippen molar-refractivity contribution in [3.63, 3.8) is 0 Å². The van der Waals surface area contributed by atoms with Gasteiger partial charge in [0, 0.05) is 5.38 Å². The summed E-state index contributed by atoms with van der Waals surface area (Å²) in [5.74, 6) is -0.816. The van der Waals surface area contributed by atoms with E-state index in [0.29, 0.717) is 0 Å². The third kappa shape index (κ3) is 7.86. The molecule has 0 aliphatic rings. The Morgan fingerprint density at radius 1 is 1.50 bits per heavy atom. The van der Waals surface area contributed by atoms with Gasteiger partial charge in [-0.05, 0) is 18.3 Å². The van der Waals surface area contributed by atoms with Gasteiger partial charge in [-0.3, -0.25) is 4.79 Å². The van der Waals surface area contributed by atoms with Crippen LogP contribution in [0.2, 0.25) is 0 Å². The van der Waals surface area contributed by atoms with Gasteiger partial charge in [-0.15, -0.1) is 11.6 Å². The van der Waals surface area contributed by atoms with Gasteiger partial charge in [-0.2, -0.15) is 0 Å². The summed E-state index contributed by atoms with van der Waals surface area (Å²) in [6.07, 6.45) is 1.81. The summed E-state index contributed by atoms with van der Waals surface area (Å²) in [6.45, 7) is 6.37. The van der Waals surface area contributed by atoms with Crippen molar-refractivity contribution in [2.75, 3.05) is 0 Å². The Labute approximate surface area is 78.9 Å². The molecule has 3 heteroatoms. The highest BCUT2D eigenvalue weighted by Crippen LogP contribution is 2.24. The van der Waals surface area contributed by atoms with E-state index < -0.39 is 5.97 Å². The van der Waals surface area contributed by atoms with Gasteiger partial charge in [0.1, 0.15) is 0 Å². The van der Waals surface area contributed by atoms with E-state index in [1.54, 1.807) is 0 Å². The van der Waals surface area contributed by atoms with E-state index in [2.05, 4.69) is 20.8 Å². The van der Waals surface area contributed by atoms with Gasteiger partial charge in [0.05, 0.1) is 6.42 Å². The normalized spacial score (nSPS) is 14.3. The molecule has 1 N–H and O–H groups in total. The molecule has 0 bridgehead atoms. The molecular weight excluding hydrogens is 176 g/mol. The smallest absolute Gasteiger partial charge is 0.304 e. The average molecular weight is 193 g/mol. The Bertz CT molecular complexity index is 149. The minimum Gasteiger partial charge on any atom is -0.481 e. The summed E-state index contributed by atoms with van der Waals surface area (Å²) in [4.78, 5) is 10.2. The summed E-state index contributed by atoms with van der Waals surface area (Å²) >= 11 is 5.80. The van der Waals surface area contributed by atoms with Crippen molar-refractivity contribution in [1.82, 2.24) is 0 Å². The lowest BCUT2D eigenvalue weighted by Crippen LogP contribution is -2.12. The van der Waals surface area contributed by atoms with Gasteiger partial charge in [0.25, 0.3) is 0 Å². The Kier molecular flexibility index (Phi) is 4.61. The second-order valence-electron chi connectivity index (χ2n) is 4.29. The first-order chi connectivity index (χ1) is 5.31. The van der Waals surface area contributed by atoms with Crippen LogP contribution in [0, 0.1) is 5.41 Å². The maximum atomic E-state index is 10.2. The molecule has 0 fully saturated rings. The van der Waals surface area contributed by atoms with Gasteiger partial charge in [-0.25, -0.2) is 0 Å². The lowest BCUT2D eigenvalue weighted by molar-refractivity contribution is -0.137. The van der Waals surface area contributed by atoms with Crippen LogP contribution in [0.5, 0.6) is 0 Å². The molecule has 0 spiro atoms. The molecular formula is C9H17ClO2. The molecule has 0 aromatic carbocycles. The fraction of sp³-hybridized carbons (Fsp3) is 0.889. The predicted molar refractivity (Wildman–Crippen MR) is 50.6 cm³/mol. The van der Waals surface area contributed by atoms with Crippen LogP contribution in [0.1, 0.15) is 40.0 Å². The van der Waals surface area contributed by atoms with Crippen molar-refractivity contribution in [1.29, 1.82) is 0 Å². The average Bonchev–Trinajstić information content (AvgIpc) is 1.80. The molecule has 12 heavy (non-hydrogen) atoms. The fourth-order valence-corrected chi connectivity index (χ4v) is 1.12. The Morgan fingerprint density at radius 2 is 2.00 bits per heavy atom. The summed E-state index contributed by atoms with van der Waals surface area (Å²) in [7, 11) is 0. The van der Waals surface area contributed by atoms with Crippen molar-refractivity contribution >= 4 is 17.6 Å². The highest BCUT2D eigenvalue weighted by molar-refractivity contribution is 6.21. The third-order valence-electron chi connectivity index (χ3n) is 1.60. The lowest BCUT2D eigenvalue weighted by atomic mass is 9.89. The minimum absolute atomic E-state index is 0.0671. The van der Waals surface area contributed by atoms with Crippen molar-refractivity contribution in [2.45, 2.75) is 45.4 Å². The number of carbonyl (C=O) groups is 1. The minimum atomic E-state index is -0.816. The van der Waals surface area contributed by atoms with E-state index in [1.807, 2.05) is 0 Å². The van der Waals surface area contributed by atoms with Gasteiger partial charge in [0.2, 0.25) is 0 Å². The lowest BCUT2D eigenvalue weighted by Gasteiger charge is -2.19. The highest BCUT2D eigenvalue weighted by atomic mass is 35.5. The zero-order valence-corrected chi connectivity index (χ0v) is 8.69. The summed E-state index contributed by atoms with van der Waals surface area (Å²) in [5, 5.41) is 8.21. The zero-order valence-electron chi connectivity index (χ0n) is 7.93. The summed E-state index contributed by atoms with van der Waals surface area (Å²) in [6, 6.07) is 0. The second kappa shape index (κ2) is 4.70. The van der Waals surface area contributed by atoms with Crippen molar-refractivity contribution in [3.8, 4) is 0 Å². The first-order valence-corrected chi connectivity index (χ1v) is 4.61. The van der Waals surface area contributed by atoms with Crippen LogP contribution in [-0.4, -0.2) is 16.5 Å². The number of hydrogen-bond acceptors (Lipinski definition) is 1. The molecule has 0 aliphatic heterocycles. The second-order valence-corrected chi connectivity index (χ2v) is 4.91. The molecule has 0 aliphatic carbocycles. The van der Waals surface area contributed by atoms with Crippen LogP contribution in [0.3, 0.4) is 0 Å². The molecule has 0 aromatic heterocycles. The first-order valence-electron chi connectivity index (χ1n) is 4.17. The van der Waals surface area contributed by atoms with Crippen LogP contribution in [0.15, 0.2) is 0 Å². The van der Waals surface area contributed by atoms with Crippen LogP contribution < -0.4 is 0 Å². The van der Waals surface area contributed by atoms with Crippen molar-refractivity contribution in [2.24, 2.45) is 5.41 Å². The number of hydrogen-bond donors (Lipinski definition) is 1. The van der Waals surface area contributed by atoms with Gasteiger partial charge >= 0.3 is 5.97 Å². The van der Waals surface area contributed by atoms with E-state index in [9.17, 15) is 4.79 Å². The molecule has 2 nitrogen and oxygen atoms in total. The van der Waals surface area contributed by atoms with E-state index >= 15 is 0 Å². The van der Waals surface area contributed by atoms with Crippen molar-refractivity contribution < 1.29 is 9.90 Å². The number of alkyl halides is 1. The molecule has 0 aromatic rings. The number of carboxylic acids is 1. The van der Waals surface area contributed by atoms with Crippen molar-refractivity contribution in [3.05, 3.63) is 0 Å². The molecule has 0 amide bonds. The number of carboxylic acid groups (broad SMARTS) is 1. The molecule has 1 unspecified atom stereocenters. The molecule has 0 heterocycles. The van der Waals surface area contributed by atoms with E-state index in [-0.39, 0.29) is 17.2 Å². The van der Waals surface area contributed by atoms with Crippen LogP contribution in [0.4, 0.5) is 0 Å². The maximum Gasteiger partial charge on any atom is 0.304 e.